The summed E-state index contributed by atoms with van der Waals surface area (Å²) in [6.45, 7) is 3.13. The van der Waals surface area contributed by atoms with Crippen molar-refractivity contribution in [3.63, 3.8) is 0 Å². The molecule has 1 aromatic heterocycles. The zero-order chi connectivity index (χ0) is 19.2. The SMILES string of the molecule is Cc1ccc(OCCNC(=O)CCn2ncc3ccc([N+](=O)[O-])cc32)cc1. The number of amides is 1. The largest absolute Gasteiger partial charge is 0.492 e. The Balaban J connectivity index is 1.46. The molecule has 0 aliphatic rings. The molecule has 0 spiro atoms. The van der Waals surface area contributed by atoms with Gasteiger partial charge in [0.25, 0.3) is 5.69 Å². The van der Waals surface area contributed by atoms with Crippen molar-refractivity contribution in [1.29, 1.82) is 0 Å². The molecule has 8 nitrogen and oxygen atoms in total. The van der Waals surface area contributed by atoms with Crippen molar-refractivity contribution >= 4 is 22.5 Å². The van der Waals surface area contributed by atoms with Crippen LogP contribution < -0.4 is 10.1 Å². The van der Waals surface area contributed by atoms with E-state index in [2.05, 4.69) is 10.4 Å². The Morgan fingerprint density at radius 3 is 2.78 bits per heavy atom. The first kappa shape index (κ1) is 18.4. The lowest BCUT2D eigenvalue weighted by Gasteiger charge is -2.08. The predicted octanol–water partition coefficient (Wildman–Crippen LogP) is 2.84. The lowest BCUT2D eigenvalue weighted by atomic mass is 10.2. The fourth-order valence-corrected chi connectivity index (χ4v) is 2.64. The van der Waals surface area contributed by atoms with Gasteiger partial charge < -0.3 is 10.1 Å². The number of nitro groups is 1. The lowest BCUT2D eigenvalue weighted by molar-refractivity contribution is -0.384. The molecule has 0 bridgehead atoms. The van der Waals surface area contributed by atoms with E-state index in [0.717, 1.165) is 16.7 Å². The monoisotopic (exact) mass is 368 g/mol. The van der Waals surface area contributed by atoms with Gasteiger partial charge in [-0.3, -0.25) is 19.6 Å². The van der Waals surface area contributed by atoms with Gasteiger partial charge in [0.05, 0.1) is 29.7 Å². The van der Waals surface area contributed by atoms with E-state index < -0.39 is 4.92 Å². The summed E-state index contributed by atoms with van der Waals surface area (Å²) in [6.07, 6.45) is 1.86. The van der Waals surface area contributed by atoms with Crippen molar-refractivity contribution < 1.29 is 14.5 Å². The van der Waals surface area contributed by atoms with Crippen LogP contribution in [0, 0.1) is 17.0 Å². The molecule has 0 saturated carbocycles. The summed E-state index contributed by atoms with van der Waals surface area (Å²) in [4.78, 5) is 22.5. The smallest absolute Gasteiger partial charge is 0.271 e. The highest BCUT2D eigenvalue weighted by Gasteiger charge is 2.11. The van der Waals surface area contributed by atoms with Crippen molar-refractivity contribution in [1.82, 2.24) is 15.1 Å². The van der Waals surface area contributed by atoms with Gasteiger partial charge in [0.1, 0.15) is 12.4 Å². The molecule has 0 aliphatic heterocycles. The molecule has 1 heterocycles. The molecule has 0 atom stereocenters. The summed E-state index contributed by atoms with van der Waals surface area (Å²) in [5.74, 6) is 0.635. The minimum absolute atomic E-state index is 0.00181. The van der Waals surface area contributed by atoms with Crippen LogP contribution in [0.25, 0.3) is 10.9 Å². The van der Waals surface area contributed by atoms with Gasteiger partial charge in [0, 0.05) is 23.9 Å². The van der Waals surface area contributed by atoms with E-state index in [0.29, 0.717) is 25.2 Å². The number of nitrogens with zero attached hydrogens (tertiary/aromatic N) is 3. The highest BCUT2D eigenvalue weighted by Crippen LogP contribution is 2.20. The second kappa shape index (κ2) is 8.31. The highest BCUT2D eigenvalue weighted by molar-refractivity contribution is 5.81. The number of nitro benzene ring substituents is 1. The minimum atomic E-state index is -0.447. The summed E-state index contributed by atoms with van der Waals surface area (Å²) in [5.41, 5.74) is 1.80. The molecule has 0 fully saturated rings. The van der Waals surface area contributed by atoms with Crippen LogP contribution in [0.4, 0.5) is 5.69 Å². The van der Waals surface area contributed by atoms with Crippen molar-refractivity contribution in [3.05, 3.63) is 64.3 Å². The van der Waals surface area contributed by atoms with E-state index in [9.17, 15) is 14.9 Å². The van der Waals surface area contributed by atoms with E-state index in [1.165, 1.54) is 12.1 Å². The van der Waals surface area contributed by atoms with Crippen LogP contribution in [-0.2, 0) is 11.3 Å². The number of rotatable bonds is 8. The molecule has 2 aromatic carbocycles. The van der Waals surface area contributed by atoms with Crippen molar-refractivity contribution in [2.24, 2.45) is 0 Å². The van der Waals surface area contributed by atoms with Crippen LogP contribution in [0.2, 0.25) is 0 Å². The number of aromatic nitrogens is 2. The normalized spacial score (nSPS) is 10.7. The first-order valence-corrected chi connectivity index (χ1v) is 8.59. The summed E-state index contributed by atoms with van der Waals surface area (Å²) < 4.78 is 7.16. The zero-order valence-electron chi connectivity index (χ0n) is 14.9. The molecule has 1 amide bonds. The molecule has 3 rings (SSSR count). The maximum Gasteiger partial charge on any atom is 0.271 e. The molecule has 8 heteroatoms. The van der Waals surface area contributed by atoms with Crippen molar-refractivity contribution in [2.45, 2.75) is 19.9 Å². The van der Waals surface area contributed by atoms with Gasteiger partial charge in [-0.1, -0.05) is 17.7 Å². The molecule has 27 heavy (non-hydrogen) atoms. The number of non-ortho nitro benzene ring substituents is 1. The molecule has 0 saturated heterocycles. The second-order valence-corrected chi connectivity index (χ2v) is 6.13. The zero-order valence-corrected chi connectivity index (χ0v) is 14.9. The Morgan fingerprint density at radius 1 is 1.26 bits per heavy atom. The average molecular weight is 368 g/mol. The van der Waals surface area contributed by atoms with E-state index in [4.69, 9.17) is 4.74 Å². The van der Waals surface area contributed by atoms with Gasteiger partial charge in [-0.2, -0.15) is 5.10 Å². The van der Waals surface area contributed by atoms with E-state index >= 15 is 0 Å². The van der Waals surface area contributed by atoms with Gasteiger partial charge in [-0.25, -0.2) is 0 Å². The van der Waals surface area contributed by atoms with Crippen LogP contribution in [0.5, 0.6) is 5.75 Å². The summed E-state index contributed by atoms with van der Waals surface area (Å²) in [6, 6.07) is 12.3. The number of carbonyl (C=O) groups excluding carboxylic acids is 1. The van der Waals surface area contributed by atoms with Gasteiger partial charge in [-0.15, -0.1) is 0 Å². The molecule has 1 N–H and O–H groups in total. The second-order valence-electron chi connectivity index (χ2n) is 6.13. The minimum Gasteiger partial charge on any atom is -0.492 e. The van der Waals surface area contributed by atoms with E-state index in [1.54, 1.807) is 16.9 Å². The lowest BCUT2D eigenvalue weighted by Crippen LogP contribution is -2.28. The van der Waals surface area contributed by atoms with Crippen LogP contribution in [0.15, 0.2) is 48.7 Å². The Morgan fingerprint density at radius 2 is 2.04 bits per heavy atom. The first-order chi connectivity index (χ1) is 13.0. The Hall–Kier alpha value is -3.42. The summed E-state index contributed by atoms with van der Waals surface area (Å²) in [5, 5.41) is 18.7. The standard InChI is InChI=1S/C19H20N4O4/c1-14-2-6-17(7-3-14)27-11-9-20-19(24)8-10-22-18-12-16(23(25)26)5-4-15(18)13-21-22/h2-7,12-13H,8-11H2,1H3,(H,20,24). The Bertz CT molecular complexity index is 950. The van der Waals surface area contributed by atoms with Gasteiger partial charge >= 0.3 is 0 Å². The number of aryl methyl sites for hydroxylation is 2. The number of ether oxygens (including phenoxy) is 1. The van der Waals surface area contributed by atoms with E-state index in [1.807, 2.05) is 31.2 Å². The van der Waals surface area contributed by atoms with Gasteiger partial charge in [0.15, 0.2) is 0 Å². The predicted molar refractivity (Wildman–Crippen MR) is 101 cm³/mol. The molecule has 0 unspecified atom stereocenters. The molecular weight excluding hydrogens is 348 g/mol. The van der Waals surface area contributed by atoms with E-state index in [-0.39, 0.29) is 18.0 Å². The molecule has 0 radical (unpaired) electrons. The highest BCUT2D eigenvalue weighted by atomic mass is 16.6. The number of hydrogen-bond donors (Lipinski definition) is 1. The molecule has 140 valence electrons. The Kier molecular flexibility index (Phi) is 5.65. The van der Waals surface area contributed by atoms with Gasteiger partial charge in [-0.05, 0) is 25.1 Å². The third-order valence-corrected chi connectivity index (χ3v) is 4.10. The molecule has 0 aliphatic carbocycles. The molecular formula is C19H20N4O4. The maximum absolute atomic E-state index is 12.0. The van der Waals surface area contributed by atoms with Gasteiger partial charge in [0.2, 0.25) is 5.91 Å². The molecule has 3 aromatic rings. The summed E-state index contributed by atoms with van der Waals surface area (Å²) >= 11 is 0. The maximum atomic E-state index is 12.0. The average Bonchev–Trinajstić information content (AvgIpc) is 3.07. The number of carbonyl (C=O) groups is 1. The number of fused-ring (bicyclic) bond motifs is 1. The number of benzene rings is 2. The quantitative estimate of drug-likeness (QED) is 0.374. The third-order valence-electron chi connectivity index (χ3n) is 4.10. The topological polar surface area (TPSA) is 99.3 Å². The third kappa shape index (κ3) is 4.81. The van der Waals surface area contributed by atoms with Crippen LogP contribution in [0.3, 0.4) is 0 Å². The Labute approximate surface area is 155 Å². The first-order valence-electron chi connectivity index (χ1n) is 8.59. The fourth-order valence-electron chi connectivity index (χ4n) is 2.64. The van der Waals surface area contributed by atoms with Crippen LogP contribution in [0.1, 0.15) is 12.0 Å². The number of nitrogens with one attached hydrogen (secondary N) is 1. The number of hydrogen-bond acceptors (Lipinski definition) is 5. The van der Waals surface area contributed by atoms with Crippen LogP contribution in [-0.4, -0.2) is 33.8 Å². The summed E-state index contributed by atoms with van der Waals surface area (Å²) in [7, 11) is 0. The van der Waals surface area contributed by atoms with Crippen molar-refractivity contribution in [3.8, 4) is 5.75 Å². The fraction of sp³-hybridized carbons (Fsp3) is 0.263. The van der Waals surface area contributed by atoms with Crippen LogP contribution >= 0.6 is 0 Å². The van der Waals surface area contributed by atoms with Crippen molar-refractivity contribution in [2.75, 3.05) is 13.2 Å².